The van der Waals surface area contributed by atoms with Crippen molar-refractivity contribution in [2.24, 2.45) is 0 Å². The first kappa shape index (κ1) is 29.5. The van der Waals surface area contributed by atoms with E-state index in [0.29, 0.717) is 18.9 Å². The van der Waals surface area contributed by atoms with E-state index in [2.05, 4.69) is 24.0 Å². The van der Waals surface area contributed by atoms with Gasteiger partial charge in [-0.2, -0.15) is 0 Å². The number of carbonyl (C=O) groups is 2. The number of carbonyl (C=O) groups excluding carboxylic acids is 2. The predicted octanol–water partition coefficient (Wildman–Crippen LogP) is 7.48. The Bertz CT molecular complexity index is 1310. The molecule has 0 bridgehead atoms. The number of hydrogen-bond donors (Lipinski definition) is 1. The molecule has 0 atom stereocenters. The summed E-state index contributed by atoms with van der Waals surface area (Å²) in [6.45, 7) is 15.7. The normalized spacial score (nSPS) is 11.4. The number of ether oxygens (including phenoxy) is 3. The van der Waals surface area contributed by atoms with Crippen molar-refractivity contribution in [1.29, 1.82) is 0 Å². The van der Waals surface area contributed by atoms with Gasteiger partial charge in [0.25, 0.3) is 0 Å². The molecule has 206 valence electrons. The van der Waals surface area contributed by atoms with Crippen LogP contribution in [0.15, 0.2) is 73.3 Å². The summed E-state index contributed by atoms with van der Waals surface area (Å²) in [4.78, 5) is 24.5. The molecule has 0 heterocycles. The molecule has 0 radical (unpaired) electrons. The Hall–Kier alpha value is -4.06. The van der Waals surface area contributed by atoms with E-state index in [1.807, 2.05) is 96.1 Å². The lowest BCUT2D eigenvalue weighted by Crippen LogP contribution is -2.32. The molecule has 0 aliphatic heterocycles. The first-order chi connectivity index (χ1) is 18.3. The summed E-state index contributed by atoms with van der Waals surface area (Å²) in [6.07, 6.45) is 1.49. The van der Waals surface area contributed by atoms with E-state index in [-0.39, 0.29) is 12.4 Å². The van der Waals surface area contributed by atoms with Gasteiger partial charge in [0.05, 0.1) is 6.42 Å². The summed E-state index contributed by atoms with van der Waals surface area (Å²) in [5.74, 6) is 0.347. The number of esters is 1. The van der Waals surface area contributed by atoms with Gasteiger partial charge in [0, 0.05) is 12.1 Å². The molecule has 0 fully saturated rings. The van der Waals surface area contributed by atoms with Gasteiger partial charge in [-0.1, -0.05) is 49.1 Å². The molecule has 39 heavy (non-hydrogen) atoms. The van der Waals surface area contributed by atoms with Crippen LogP contribution >= 0.6 is 0 Å². The Balaban J connectivity index is 1.75. The summed E-state index contributed by atoms with van der Waals surface area (Å²) in [5.41, 5.74) is 4.58. The molecule has 0 saturated heterocycles. The number of rotatable bonds is 9. The quantitative estimate of drug-likeness (QED) is 0.291. The van der Waals surface area contributed by atoms with Gasteiger partial charge in [0.2, 0.25) is 0 Å². The minimum atomic E-state index is -0.550. The lowest BCUT2D eigenvalue weighted by Gasteiger charge is -2.20. The molecule has 0 aliphatic carbocycles. The second kappa shape index (κ2) is 12.7. The third-order valence-electron chi connectivity index (χ3n) is 5.47. The van der Waals surface area contributed by atoms with Crippen LogP contribution in [-0.4, -0.2) is 23.3 Å². The van der Waals surface area contributed by atoms with E-state index >= 15 is 0 Å². The van der Waals surface area contributed by atoms with Crippen LogP contribution in [-0.2, 0) is 33.8 Å². The first-order valence-corrected chi connectivity index (χ1v) is 13.1. The van der Waals surface area contributed by atoms with Gasteiger partial charge in [0.15, 0.2) is 0 Å². The summed E-state index contributed by atoms with van der Waals surface area (Å²) >= 11 is 0. The summed E-state index contributed by atoms with van der Waals surface area (Å²) in [5, 5.41) is 2.81. The summed E-state index contributed by atoms with van der Waals surface area (Å²) in [7, 11) is 0. The van der Waals surface area contributed by atoms with Crippen molar-refractivity contribution >= 4 is 18.1 Å². The van der Waals surface area contributed by atoms with Crippen molar-refractivity contribution in [3.8, 4) is 16.9 Å². The molecule has 6 nitrogen and oxygen atoms in total. The van der Waals surface area contributed by atoms with E-state index in [4.69, 9.17) is 14.2 Å². The van der Waals surface area contributed by atoms with Crippen LogP contribution in [0.2, 0.25) is 0 Å². The third-order valence-corrected chi connectivity index (χ3v) is 5.47. The van der Waals surface area contributed by atoms with Crippen molar-refractivity contribution in [3.05, 3.63) is 95.6 Å². The number of nitrogens with one attached hydrogen (secondary N) is 1. The molecule has 3 aromatic rings. The Morgan fingerprint density at radius 1 is 0.821 bits per heavy atom. The van der Waals surface area contributed by atoms with Gasteiger partial charge in [-0.15, -0.1) is 0 Å². The fraction of sp³-hybridized carbons (Fsp3) is 0.333. The molecular weight excluding hydrogens is 490 g/mol. The van der Waals surface area contributed by atoms with Gasteiger partial charge >= 0.3 is 12.1 Å². The number of para-hydroxylation sites is 1. The van der Waals surface area contributed by atoms with Gasteiger partial charge in [-0.05, 0) is 99.7 Å². The van der Waals surface area contributed by atoms with Crippen LogP contribution in [0, 0.1) is 0 Å². The lowest BCUT2D eigenvalue weighted by atomic mass is 9.98. The zero-order valence-corrected chi connectivity index (χ0v) is 23.8. The van der Waals surface area contributed by atoms with Crippen LogP contribution in [0.1, 0.15) is 63.8 Å². The minimum absolute atomic E-state index is 0.134. The highest BCUT2D eigenvalue weighted by molar-refractivity contribution is 5.74. The Labute approximate surface area is 232 Å². The van der Waals surface area contributed by atoms with E-state index in [1.165, 1.54) is 0 Å². The number of amides is 1. The molecule has 1 amide bonds. The molecule has 0 saturated carbocycles. The molecule has 0 spiro atoms. The molecule has 0 unspecified atom stereocenters. The van der Waals surface area contributed by atoms with E-state index < -0.39 is 17.3 Å². The maximum absolute atomic E-state index is 12.4. The van der Waals surface area contributed by atoms with Crippen molar-refractivity contribution in [1.82, 2.24) is 5.32 Å². The SMILES string of the molecule is C=Cc1cc(COc2ccccc2CC(=O)OC(C)(C)C)cc(-c2cccc(CNC(=O)OC(C)(C)C)c2)c1. The molecule has 0 aromatic heterocycles. The molecule has 3 aromatic carbocycles. The van der Waals surface area contributed by atoms with Crippen LogP contribution in [0.25, 0.3) is 17.2 Å². The van der Waals surface area contributed by atoms with E-state index in [1.54, 1.807) is 6.08 Å². The third kappa shape index (κ3) is 9.97. The largest absolute Gasteiger partial charge is 0.489 e. The fourth-order valence-electron chi connectivity index (χ4n) is 3.92. The fourth-order valence-corrected chi connectivity index (χ4v) is 3.92. The summed E-state index contributed by atoms with van der Waals surface area (Å²) in [6, 6.07) is 21.7. The van der Waals surface area contributed by atoms with Crippen molar-refractivity contribution in [3.63, 3.8) is 0 Å². The monoisotopic (exact) mass is 529 g/mol. The van der Waals surface area contributed by atoms with Crippen LogP contribution in [0.3, 0.4) is 0 Å². The van der Waals surface area contributed by atoms with Crippen molar-refractivity contribution in [2.75, 3.05) is 0 Å². The van der Waals surface area contributed by atoms with Gasteiger partial charge in [0.1, 0.15) is 23.6 Å². The highest BCUT2D eigenvalue weighted by Crippen LogP contribution is 2.26. The molecule has 3 rings (SSSR count). The second-order valence-electron chi connectivity index (χ2n) is 11.4. The molecular formula is C33H39NO5. The number of alkyl carbamates (subject to hydrolysis) is 1. The van der Waals surface area contributed by atoms with Gasteiger partial charge < -0.3 is 19.5 Å². The zero-order valence-electron chi connectivity index (χ0n) is 23.8. The average Bonchev–Trinajstić information content (AvgIpc) is 2.85. The zero-order chi connectivity index (χ0) is 28.6. The minimum Gasteiger partial charge on any atom is -0.489 e. The maximum atomic E-state index is 12.4. The Morgan fingerprint density at radius 3 is 2.21 bits per heavy atom. The predicted molar refractivity (Wildman–Crippen MR) is 155 cm³/mol. The average molecular weight is 530 g/mol. The lowest BCUT2D eigenvalue weighted by molar-refractivity contribution is -0.153. The van der Waals surface area contributed by atoms with Crippen molar-refractivity contribution in [2.45, 2.75) is 72.3 Å². The van der Waals surface area contributed by atoms with Gasteiger partial charge in [-0.25, -0.2) is 4.79 Å². The molecule has 6 heteroatoms. The number of hydrogen-bond acceptors (Lipinski definition) is 5. The van der Waals surface area contributed by atoms with E-state index in [0.717, 1.165) is 33.4 Å². The first-order valence-electron chi connectivity index (χ1n) is 13.1. The van der Waals surface area contributed by atoms with Crippen LogP contribution in [0.5, 0.6) is 5.75 Å². The van der Waals surface area contributed by atoms with Crippen LogP contribution in [0.4, 0.5) is 4.79 Å². The van der Waals surface area contributed by atoms with E-state index in [9.17, 15) is 9.59 Å². The van der Waals surface area contributed by atoms with Crippen molar-refractivity contribution < 1.29 is 23.8 Å². The molecule has 0 aliphatic rings. The smallest absolute Gasteiger partial charge is 0.407 e. The topological polar surface area (TPSA) is 73.9 Å². The standard InChI is InChI=1S/C33H39NO5/c1-8-23-16-25(22-37-29-15-10-9-13-27(29)20-30(35)38-32(2,3)4)19-28(17-23)26-14-11-12-24(18-26)21-34-31(36)39-33(5,6)7/h8-19H,1,20-22H2,2-7H3,(H,34,36). The van der Waals surface area contributed by atoms with Gasteiger partial charge in [-0.3, -0.25) is 4.79 Å². The Morgan fingerprint density at radius 2 is 1.51 bits per heavy atom. The maximum Gasteiger partial charge on any atom is 0.407 e. The van der Waals surface area contributed by atoms with Crippen LogP contribution < -0.4 is 10.1 Å². The molecule has 1 N–H and O–H groups in total. The highest BCUT2D eigenvalue weighted by Gasteiger charge is 2.18. The Kier molecular flexibility index (Phi) is 9.57. The summed E-state index contributed by atoms with van der Waals surface area (Å²) < 4.78 is 17.0. The number of benzene rings is 3. The second-order valence-corrected chi connectivity index (χ2v) is 11.4. The highest BCUT2D eigenvalue weighted by atomic mass is 16.6.